The third-order valence-corrected chi connectivity index (χ3v) is 6.19. The van der Waals surface area contributed by atoms with E-state index in [1.54, 1.807) is 24.3 Å². The number of methoxy groups -OCH3 is 2. The monoisotopic (exact) mass is 507 g/mol. The van der Waals surface area contributed by atoms with Crippen molar-refractivity contribution in [2.45, 2.75) is 32.4 Å². The van der Waals surface area contributed by atoms with Gasteiger partial charge in [0, 0.05) is 18.7 Å². The maximum atomic E-state index is 13.1. The van der Waals surface area contributed by atoms with Crippen molar-refractivity contribution in [2.24, 2.45) is 0 Å². The molecule has 1 heterocycles. The van der Waals surface area contributed by atoms with Crippen molar-refractivity contribution >= 4 is 40.7 Å². The van der Waals surface area contributed by atoms with Crippen LogP contribution in [0.1, 0.15) is 37.4 Å². The van der Waals surface area contributed by atoms with Gasteiger partial charge < -0.3 is 24.2 Å². The predicted octanol–water partition coefficient (Wildman–Crippen LogP) is 5.25. The van der Waals surface area contributed by atoms with Crippen LogP contribution in [0.3, 0.4) is 0 Å². The fraction of sp³-hybridized carbons (Fsp3) is 0.360. The fourth-order valence-corrected chi connectivity index (χ4v) is 4.13. The molecule has 1 atom stereocenters. The number of halogens is 2. The number of likely N-dealkylation sites (tertiary alicyclic amines) is 1. The van der Waals surface area contributed by atoms with Crippen LogP contribution in [0.15, 0.2) is 42.0 Å². The lowest BCUT2D eigenvalue weighted by Gasteiger charge is -2.26. The highest BCUT2D eigenvalue weighted by atomic mass is 35.5. The molecule has 0 aliphatic carbocycles. The Morgan fingerprint density at radius 1 is 1.03 bits per heavy atom. The van der Waals surface area contributed by atoms with Crippen LogP contribution in [0.2, 0.25) is 10.0 Å². The molecule has 1 aliphatic heterocycles. The van der Waals surface area contributed by atoms with Crippen LogP contribution in [-0.4, -0.2) is 55.2 Å². The second-order valence-electron chi connectivity index (χ2n) is 8.01. The van der Waals surface area contributed by atoms with Crippen LogP contribution in [-0.2, 0) is 14.3 Å². The SMILES string of the molecule is COc1ccc(C2/C(=C(/O)c3ccc(Cl)c(Cl)c3)C(=O)C(=O)N2CCCOC(C)C)cc1OC. The van der Waals surface area contributed by atoms with Gasteiger partial charge in [-0.3, -0.25) is 9.59 Å². The Labute approximate surface area is 208 Å². The molecule has 0 aromatic heterocycles. The topological polar surface area (TPSA) is 85.3 Å². The summed E-state index contributed by atoms with van der Waals surface area (Å²) in [5.74, 6) is -0.891. The Kier molecular flexibility index (Phi) is 8.47. The van der Waals surface area contributed by atoms with E-state index in [1.165, 1.54) is 31.3 Å². The van der Waals surface area contributed by atoms with Crippen molar-refractivity contribution in [1.82, 2.24) is 4.90 Å². The molecule has 1 saturated heterocycles. The molecular weight excluding hydrogens is 481 g/mol. The highest BCUT2D eigenvalue weighted by Crippen LogP contribution is 2.42. The number of hydrogen-bond donors (Lipinski definition) is 1. The molecule has 1 amide bonds. The lowest BCUT2D eigenvalue weighted by atomic mass is 9.95. The molecule has 2 aromatic rings. The maximum absolute atomic E-state index is 13.1. The van der Waals surface area contributed by atoms with Gasteiger partial charge in [-0.2, -0.15) is 0 Å². The summed E-state index contributed by atoms with van der Waals surface area (Å²) in [6.07, 6.45) is 0.564. The molecule has 0 spiro atoms. The van der Waals surface area contributed by atoms with Crippen molar-refractivity contribution in [3.8, 4) is 11.5 Å². The Bertz CT molecular complexity index is 1110. The standard InChI is InChI=1S/C25H27Cl2NO6/c1-14(2)34-11-5-10-28-22(15-7-9-19(32-3)20(13-15)33-4)21(24(30)25(28)31)23(29)16-6-8-17(26)18(27)12-16/h6-9,12-14,22,29H,5,10-11H2,1-4H3/b23-21-. The number of rotatable bonds is 9. The van der Waals surface area contributed by atoms with E-state index in [0.717, 1.165) is 0 Å². The van der Waals surface area contributed by atoms with E-state index in [0.29, 0.717) is 35.1 Å². The van der Waals surface area contributed by atoms with Crippen LogP contribution < -0.4 is 9.47 Å². The lowest BCUT2D eigenvalue weighted by Crippen LogP contribution is -2.31. The number of aliphatic hydroxyl groups is 1. The van der Waals surface area contributed by atoms with Crippen LogP contribution in [0, 0.1) is 0 Å². The number of amides is 1. The molecule has 7 nitrogen and oxygen atoms in total. The molecule has 0 bridgehead atoms. The molecule has 0 radical (unpaired) electrons. The van der Waals surface area contributed by atoms with Crippen LogP contribution in [0.4, 0.5) is 0 Å². The van der Waals surface area contributed by atoms with Gasteiger partial charge in [0.1, 0.15) is 5.76 Å². The summed E-state index contributed by atoms with van der Waals surface area (Å²) in [4.78, 5) is 27.6. The number of carbonyl (C=O) groups excluding carboxylic acids is 2. The Morgan fingerprint density at radius 3 is 2.35 bits per heavy atom. The normalized spacial score (nSPS) is 17.5. The second kappa shape index (κ2) is 11.1. The number of aliphatic hydroxyl groups excluding tert-OH is 1. The van der Waals surface area contributed by atoms with Gasteiger partial charge in [0.25, 0.3) is 11.7 Å². The molecular formula is C25H27Cl2NO6. The lowest BCUT2D eigenvalue weighted by molar-refractivity contribution is -0.140. The number of benzene rings is 2. The van der Waals surface area contributed by atoms with Gasteiger partial charge in [-0.15, -0.1) is 0 Å². The molecule has 1 unspecified atom stereocenters. The van der Waals surface area contributed by atoms with E-state index < -0.39 is 17.7 Å². The van der Waals surface area contributed by atoms with Crippen molar-refractivity contribution in [3.63, 3.8) is 0 Å². The van der Waals surface area contributed by atoms with Crippen LogP contribution in [0.25, 0.3) is 5.76 Å². The van der Waals surface area contributed by atoms with Gasteiger partial charge in [0.05, 0.1) is 42.0 Å². The first-order valence-electron chi connectivity index (χ1n) is 10.8. The quantitative estimate of drug-likeness (QED) is 0.216. The van der Waals surface area contributed by atoms with E-state index in [2.05, 4.69) is 0 Å². The number of carbonyl (C=O) groups is 2. The van der Waals surface area contributed by atoms with Gasteiger partial charge in [0.15, 0.2) is 11.5 Å². The zero-order valence-corrected chi connectivity index (χ0v) is 20.9. The van der Waals surface area contributed by atoms with E-state index in [-0.39, 0.29) is 34.6 Å². The third kappa shape index (κ3) is 5.32. The van der Waals surface area contributed by atoms with Crippen LogP contribution in [0.5, 0.6) is 11.5 Å². The van der Waals surface area contributed by atoms with E-state index in [1.807, 2.05) is 13.8 Å². The minimum Gasteiger partial charge on any atom is -0.507 e. The number of Topliss-reactive ketones (excluding diaryl/α,β-unsaturated/α-hetero) is 1. The largest absolute Gasteiger partial charge is 0.507 e. The Morgan fingerprint density at radius 2 is 1.74 bits per heavy atom. The molecule has 1 aliphatic rings. The molecule has 2 aromatic carbocycles. The number of ketones is 1. The average molecular weight is 508 g/mol. The fourth-order valence-electron chi connectivity index (χ4n) is 3.83. The molecule has 0 saturated carbocycles. The summed E-state index contributed by atoms with van der Waals surface area (Å²) in [5, 5.41) is 11.7. The Balaban J connectivity index is 2.11. The van der Waals surface area contributed by atoms with Crippen molar-refractivity contribution < 1.29 is 28.9 Å². The first-order chi connectivity index (χ1) is 16.2. The van der Waals surface area contributed by atoms with Crippen molar-refractivity contribution in [1.29, 1.82) is 0 Å². The minimum atomic E-state index is -0.840. The minimum absolute atomic E-state index is 0.0413. The maximum Gasteiger partial charge on any atom is 0.295 e. The second-order valence-corrected chi connectivity index (χ2v) is 8.82. The van der Waals surface area contributed by atoms with Gasteiger partial charge in [-0.25, -0.2) is 0 Å². The predicted molar refractivity (Wildman–Crippen MR) is 131 cm³/mol. The average Bonchev–Trinajstić information content (AvgIpc) is 3.07. The third-order valence-electron chi connectivity index (χ3n) is 5.45. The molecule has 3 rings (SSSR count). The zero-order valence-electron chi connectivity index (χ0n) is 19.4. The Hall–Kier alpha value is -2.74. The number of nitrogens with zero attached hydrogens (tertiary/aromatic N) is 1. The number of hydrogen-bond acceptors (Lipinski definition) is 6. The summed E-state index contributed by atoms with van der Waals surface area (Å²) in [6, 6.07) is 8.79. The summed E-state index contributed by atoms with van der Waals surface area (Å²) in [6.45, 7) is 4.53. The highest BCUT2D eigenvalue weighted by Gasteiger charge is 2.46. The summed E-state index contributed by atoms with van der Waals surface area (Å²) >= 11 is 12.1. The summed E-state index contributed by atoms with van der Waals surface area (Å²) in [5.41, 5.74) is 0.824. The van der Waals surface area contributed by atoms with Gasteiger partial charge in [-0.1, -0.05) is 29.3 Å². The smallest absolute Gasteiger partial charge is 0.295 e. The van der Waals surface area contributed by atoms with E-state index in [4.69, 9.17) is 37.4 Å². The van der Waals surface area contributed by atoms with Gasteiger partial charge in [0.2, 0.25) is 0 Å². The highest BCUT2D eigenvalue weighted by molar-refractivity contribution is 6.46. The summed E-state index contributed by atoms with van der Waals surface area (Å²) in [7, 11) is 3.01. The first kappa shape index (κ1) is 25.9. The van der Waals surface area contributed by atoms with E-state index in [9.17, 15) is 14.7 Å². The zero-order chi connectivity index (χ0) is 25.0. The molecule has 1 N–H and O–H groups in total. The molecule has 9 heteroatoms. The summed E-state index contributed by atoms with van der Waals surface area (Å²) < 4.78 is 16.3. The van der Waals surface area contributed by atoms with Crippen molar-refractivity contribution in [2.75, 3.05) is 27.4 Å². The molecule has 34 heavy (non-hydrogen) atoms. The first-order valence-corrected chi connectivity index (χ1v) is 11.5. The van der Waals surface area contributed by atoms with Gasteiger partial charge in [-0.05, 0) is 56.2 Å². The van der Waals surface area contributed by atoms with Crippen molar-refractivity contribution in [3.05, 3.63) is 63.1 Å². The van der Waals surface area contributed by atoms with Gasteiger partial charge >= 0.3 is 0 Å². The van der Waals surface area contributed by atoms with E-state index >= 15 is 0 Å². The number of ether oxygens (including phenoxy) is 3. The molecule has 1 fully saturated rings. The van der Waals surface area contributed by atoms with Crippen LogP contribution >= 0.6 is 23.2 Å². The molecule has 182 valence electrons.